The first-order chi connectivity index (χ1) is 11.5. The third-order valence-electron chi connectivity index (χ3n) is 4.24. The number of hydrogen-bond acceptors (Lipinski definition) is 1. The largest absolute Gasteiger partial charge is 0.311 e. The summed E-state index contributed by atoms with van der Waals surface area (Å²) in [5.74, 6) is -0.00177. The SMILES string of the molecule is Cc1ccc(C(=O)N(C)c2ccc(-c3ccc(C)cc3)cc2)cc1. The molecular formula is C22H21NO. The van der Waals surface area contributed by atoms with Crippen molar-refractivity contribution in [3.05, 3.63) is 89.5 Å². The van der Waals surface area contributed by atoms with Crippen LogP contribution >= 0.6 is 0 Å². The number of anilines is 1. The molecule has 0 N–H and O–H groups in total. The third kappa shape index (κ3) is 3.38. The summed E-state index contributed by atoms with van der Waals surface area (Å²) in [7, 11) is 1.81. The highest BCUT2D eigenvalue weighted by Crippen LogP contribution is 2.24. The van der Waals surface area contributed by atoms with E-state index in [1.807, 2.05) is 50.4 Å². The van der Waals surface area contributed by atoms with E-state index in [1.165, 1.54) is 11.1 Å². The standard InChI is InChI=1S/C22H21NO/c1-16-4-8-18(9-5-16)19-12-14-21(15-13-19)23(3)22(24)20-10-6-17(2)7-11-20/h4-15H,1-3H3. The van der Waals surface area contributed by atoms with Crippen LogP contribution in [0, 0.1) is 13.8 Å². The van der Waals surface area contributed by atoms with Crippen LogP contribution < -0.4 is 4.90 Å². The van der Waals surface area contributed by atoms with E-state index in [0.717, 1.165) is 16.8 Å². The molecule has 0 bridgehead atoms. The molecule has 0 aliphatic carbocycles. The summed E-state index contributed by atoms with van der Waals surface area (Å²) < 4.78 is 0. The van der Waals surface area contributed by atoms with Gasteiger partial charge in [-0.25, -0.2) is 0 Å². The van der Waals surface area contributed by atoms with Gasteiger partial charge in [-0.3, -0.25) is 4.79 Å². The van der Waals surface area contributed by atoms with Gasteiger partial charge in [-0.1, -0.05) is 59.7 Å². The molecule has 2 heteroatoms. The number of carbonyl (C=O) groups is 1. The van der Waals surface area contributed by atoms with Crippen molar-refractivity contribution in [2.45, 2.75) is 13.8 Å². The quantitative estimate of drug-likeness (QED) is 0.646. The zero-order chi connectivity index (χ0) is 17.1. The van der Waals surface area contributed by atoms with Gasteiger partial charge < -0.3 is 4.90 Å². The minimum atomic E-state index is -0.00177. The van der Waals surface area contributed by atoms with Gasteiger partial charge in [-0.15, -0.1) is 0 Å². The Balaban J connectivity index is 1.80. The van der Waals surface area contributed by atoms with E-state index in [-0.39, 0.29) is 5.91 Å². The summed E-state index contributed by atoms with van der Waals surface area (Å²) in [6.45, 7) is 4.10. The normalized spacial score (nSPS) is 10.5. The molecule has 0 saturated heterocycles. The lowest BCUT2D eigenvalue weighted by molar-refractivity contribution is 0.0993. The number of hydrogen-bond donors (Lipinski definition) is 0. The third-order valence-corrected chi connectivity index (χ3v) is 4.24. The van der Waals surface area contributed by atoms with Gasteiger partial charge in [0.25, 0.3) is 5.91 Å². The lowest BCUT2D eigenvalue weighted by Gasteiger charge is -2.18. The molecule has 0 aliphatic rings. The van der Waals surface area contributed by atoms with Crippen molar-refractivity contribution in [3.63, 3.8) is 0 Å². The molecule has 3 aromatic rings. The lowest BCUT2D eigenvalue weighted by Crippen LogP contribution is -2.26. The molecule has 3 aromatic carbocycles. The number of aryl methyl sites for hydroxylation is 2. The van der Waals surface area contributed by atoms with Crippen LogP contribution in [0.5, 0.6) is 0 Å². The molecule has 0 saturated carbocycles. The van der Waals surface area contributed by atoms with Crippen LogP contribution in [0.3, 0.4) is 0 Å². The van der Waals surface area contributed by atoms with Crippen molar-refractivity contribution in [2.24, 2.45) is 0 Å². The fourth-order valence-corrected chi connectivity index (χ4v) is 2.63. The summed E-state index contributed by atoms with van der Waals surface area (Å²) in [6, 6.07) is 24.2. The van der Waals surface area contributed by atoms with E-state index in [0.29, 0.717) is 5.56 Å². The van der Waals surface area contributed by atoms with Gasteiger partial charge in [0.1, 0.15) is 0 Å². The highest BCUT2D eigenvalue weighted by Gasteiger charge is 2.13. The molecule has 0 aromatic heterocycles. The molecule has 0 spiro atoms. The smallest absolute Gasteiger partial charge is 0.258 e. The number of benzene rings is 3. The molecular weight excluding hydrogens is 294 g/mol. The van der Waals surface area contributed by atoms with E-state index >= 15 is 0 Å². The van der Waals surface area contributed by atoms with E-state index in [9.17, 15) is 4.79 Å². The second kappa shape index (κ2) is 6.71. The molecule has 1 amide bonds. The number of nitrogens with zero attached hydrogens (tertiary/aromatic N) is 1. The molecule has 24 heavy (non-hydrogen) atoms. The fraction of sp³-hybridized carbons (Fsp3) is 0.136. The lowest BCUT2D eigenvalue weighted by atomic mass is 10.0. The summed E-state index contributed by atoms with van der Waals surface area (Å²) in [6.07, 6.45) is 0. The van der Waals surface area contributed by atoms with Crippen LogP contribution in [0.25, 0.3) is 11.1 Å². The van der Waals surface area contributed by atoms with Crippen LogP contribution in [0.2, 0.25) is 0 Å². The average Bonchev–Trinajstić information content (AvgIpc) is 2.62. The van der Waals surface area contributed by atoms with Crippen LogP contribution in [0.1, 0.15) is 21.5 Å². The van der Waals surface area contributed by atoms with Gasteiger partial charge in [0.2, 0.25) is 0 Å². The molecule has 0 aliphatic heterocycles. The molecule has 0 radical (unpaired) electrons. The van der Waals surface area contributed by atoms with E-state index in [4.69, 9.17) is 0 Å². The summed E-state index contributed by atoms with van der Waals surface area (Å²) >= 11 is 0. The zero-order valence-corrected chi connectivity index (χ0v) is 14.3. The van der Waals surface area contributed by atoms with Crippen LogP contribution in [-0.4, -0.2) is 13.0 Å². The van der Waals surface area contributed by atoms with Crippen LogP contribution in [-0.2, 0) is 0 Å². The highest BCUT2D eigenvalue weighted by atomic mass is 16.2. The Labute approximate surface area is 143 Å². The molecule has 0 atom stereocenters. The second-order valence-electron chi connectivity index (χ2n) is 6.14. The second-order valence-corrected chi connectivity index (χ2v) is 6.14. The molecule has 3 rings (SSSR count). The van der Waals surface area contributed by atoms with Gasteiger partial charge in [0, 0.05) is 18.3 Å². The number of rotatable bonds is 3. The summed E-state index contributed by atoms with van der Waals surface area (Å²) in [5.41, 5.74) is 6.31. The van der Waals surface area contributed by atoms with Gasteiger partial charge in [0.15, 0.2) is 0 Å². The molecule has 0 heterocycles. The summed E-state index contributed by atoms with van der Waals surface area (Å²) in [4.78, 5) is 14.3. The Morgan fingerprint density at radius 3 is 1.58 bits per heavy atom. The van der Waals surface area contributed by atoms with Crippen molar-refractivity contribution in [1.29, 1.82) is 0 Å². The molecule has 120 valence electrons. The molecule has 0 unspecified atom stereocenters. The van der Waals surface area contributed by atoms with Crippen molar-refractivity contribution < 1.29 is 4.79 Å². The summed E-state index contributed by atoms with van der Waals surface area (Å²) in [5, 5.41) is 0. The molecule has 0 fully saturated rings. The maximum atomic E-state index is 12.6. The van der Waals surface area contributed by atoms with Gasteiger partial charge >= 0.3 is 0 Å². The van der Waals surface area contributed by atoms with Gasteiger partial charge in [-0.2, -0.15) is 0 Å². The zero-order valence-electron chi connectivity index (χ0n) is 14.3. The Morgan fingerprint density at radius 1 is 0.667 bits per heavy atom. The number of carbonyl (C=O) groups excluding carboxylic acids is 1. The maximum Gasteiger partial charge on any atom is 0.258 e. The Morgan fingerprint density at radius 2 is 1.08 bits per heavy atom. The highest BCUT2D eigenvalue weighted by molar-refractivity contribution is 6.05. The van der Waals surface area contributed by atoms with E-state index in [2.05, 4.69) is 43.3 Å². The number of amides is 1. The van der Waals surface area contributed by atoms with Crippen molar-refractivity contribution >= 4 is 11.6 Å². The monoisotopic (exact) mass is 315 g/mol. The molecule has 2 nitrogen and oxygen atoms in total. The minimum Gasteiger partial charge on any atom is -0.311 e. The van der Waals surface area contributed by atoms with Crippen molar-refractivity contribution in [2.75, 3.05) is 11.9 Å². The first kappa shape index (κ1) is 16.0. The van der Waals surface area contributed by atoms with Gasteiger partial charge in [0.05, 0.1) is 0 Å². The van der Waals surface area contributed by atoms with E-state index < -0.39 is 0 Å². The predicted molar refractivity (Wildman–Crippen MR) is 101 cm³/mol. The van der Waals surface area contributed by atoms with Crippen molar-refractivity contribution in [3.8, 4) is 11.1 Å². The maximum absolute atomic E-state index is 12.6. The minimum absolute atomic E-state index is 0.00177. The Bertz CT molecular complexity index is 831. The predicted octanol–water partition coefficient (Wildman–Crippen LogP) is 5.25. The first-order valence-electron chi connectivity index (χ1n) is 8.06. The Hall–Kier alpha value is -2.87. The average molecular weight is 315 g/mol. The first-order valence-corrected chi connectivity index (χ1v) is 8.06. The topological polar surface area (TPSA) is 20.3 Å². The van der Waals surface area contributed by atoms with Gasteiger partial charge in [-0.05, 0) is 49.2 Å². The van der Waals surface area contributed by atoms with E-state index in [1.54, 1.807) is 4.90 Å². The van der Waals surface area contributed by atoms with Crippen LogP contribution in [0.4, 0.5) is 5.69 Å². The Kier molecular flexibility index (Phi) is 4.48. The van der Waals surface area contributed by atoms with Crippen molar-refractivity contribution in [1.82, 2.24) is 0 Å². The van der Waals surface area contributed by atoms with Crippen LogP contribution in [0.15, 0.2) is 72.8 Å². The fourth-order valence-electron chi connectivity index (χ4n) is 2.63.